The first-order valence-corrected chi connectivity index (χ1v) is 6.22. The first-order chi connectivity index (χ1) is 9.42. The molecule has 0 heterocycles. The lowest BCUT2D eigenvalue weighted by Crippen LogP contribution is -1.96. The predicted octanol–water partition coefficient (Wildman–Crippen LogP) is 3.46. The molecule has 0 radical (unpaired) electrons. The van der Waals surface area contributed by atoms with Crippen molar-refractivity contribution < 1.29 is 13.9 Å². The molecule has 0 unspecified atom stereocenters. The van der Waals surface area contributed by atoms with Gasteiger partial charge in [0.2, 0.25) is 0 Å². The highest BCUT2D eigenvalue weighted by atomic mass is 127. The zero-order chi connectivity index (χ0) is 15.0. The number of fused-ring (bicyclic) bond motifs is 1. The summed E-state index contributed by atoms with van der Waals surface area (Å²) in [6.45, 7) is 0. The number of allylic oxidation sites excluding steroid dienone is 3. The smallest absolute Gasteiger partial charge is 0.159 e. The summed E-state index contributed by atoms with van der Waals surface area (Å²) < 4.78 is 26.5. The minimum Gasteiger partial charge on any atom is -0.507 e. The summed E-state index contributed by atoms with van der Waals surface area (Å²) in [5.41, 5.74) is -0.531. The lowest BCUT2D eigenvalue weighted by molar-refractivity contribution is 0.498. The topological polar surface area (TPSA) is 91.7 Å². The molecule has 0 saturated heterocycles. The molecule has 0 fully saturated rings. The van der Waals surface area contributed by atoms with Crippen LogP contribution in [-0.4, -0.2) is 8.82 Å². The first kappa shape index (κ1) is 14.2. The number of nitrogens with one attached hydrogen (secondary N) is 1. The van der Waals surface area contributed by atoms with Gasteiger partial charge in [0.15, 0.2) is 11.6 Å². The number of nitrogens with zero attached hydrogens (tertiary/aromatic N) is 2. The van der Waals surface area contributed by atoms with Gasteiger partial charge in [-0.25, -0.2) is 8.78 Å². The second-order valence-corrected chi connectivity index (χ2v) is 4.90. The van der Waals surface area contributed by atoms with Crippen LogP contribution in [0.1, 0.15) is 11.1 Å². The Hall–Kier alpha value is -2.26. The Kier molecular flexibility index (Phi) is 3.55. The van der Waals surface area contributed by atoms with Gasteiger partial charge in [-0.2, -0.15) is 10.5 Å². The molecule has 1 aliphatic carbocycles. The highest BCUT2D eigenvalue weighted by molar-refractivity contribution is 14.1. The Morgan fingerprint density at radius 1 is 1.15 bits per heavy atom. The fraction of sp³-hybridized carbons (Fsp3) is 0. The van der Waals surface area contributed by atoms with Crippen LogP contribution in [-0.2, 0) is 0 Å². The van der Waals surface area contributed by atoms with Crippen LogP contribution in [0.4, 0.5) is 8.78 Å². The maximum absolute atomic E-state index is 13.4. The van der Waals surface area contributed by atoms with Crippen molar-refractivity contribution in [3.63, 3.8) is 0 Å². The summed E-state index contributed by atoms with van der Waals surface area (Å²) in [5.74, 6) is -2.77. The number of nitriles is 2. The summed E-state index contributed by atoms with van der Waals surface area (Å²) in [7, 11) is 0. The van der Waals surface area contributed by atoms with Gasteiger partial charge in [0.25, 0.3) is 0 Å². The van der Waals surface area contributed by atoms with Gasteiger partial charge in [0.05, 0.1) is 5.57 Å². The maximum atomic E-state index is 13.4. The van der Waals surface area contributed by atoms with E-state index >= 15 is 0 Å². The van der Waals surface area contributed by atoms with E-state index in [-0.39, 0.29) is 31.6 Å². The van der Waals surface area contributed by atoms with Crippen LogP contribution in [0.15, 0.2) is 23.3 Å². The highest BCUT2D eigenvalue weighted by Gasteiger charge is 2.32. The van der Waals surface area contributed by atoms with Crippen molar-refractivity contribution in [1.82, 2.24) is 0 Å². The number of halogens is 3. The second kappa shape index (κ2) is 5.02. The first-order valence-electron chi connectivity index (χ1n) is 5.14. The highest BCUT2D eigenvalue weighted by Crippen LogP contribution is 2.43. The molecule has 2 N–H and O–H groups in total. The zero-order valence-corrected chi connectivity index (χ0v) is 11.8. The van der Waals surface area contributed by atoms with Crippen LogP contribution < -0.4 is 0 Å². The average molecular weight is 383 g/mol. The summed E-state index contributed by atoms with van der Waals surface area (Å²) in [6, 6.07) is 4.84. The van der Waals surface area contributed by atoms with Gasteiger partial charge >= 0.3 is 0 Å². The quantitative estimate of drug-likeness (QED) is 0.442. The summed E-state index contributed by atoms with van der Waals surface area (Å²) in [6.07, 6.45) is 0. The molecule has 1 aromatic rings. The molecule has 1 aromatic carbocycles. The molecule has 4 nitrogen and oxygen atoms in total. The van der Waals surface area contributed by atoms with Crippen molar-refractivity contribution in [2.24, 2.45) is 0 Å². The maximum Gasteiger partial charge on any atom is 0.159 e. The molecule has 0 atom stereocenters. The molecule has 20 heavy (non-hydrogen) atoms. The zero-order valence-electron chi connectivity index (χ0n) is 9.63. The lowest BCUT2D eigenvalue weighted by Gasteiger charge is -2.04. The Morgan fingerprint density at radius 3 is 2.10 bits per heavy atom. The van der Waals surface area contributed by atoms with Crippen LogP contribution in [0.5, 0.6) is 0 Å². The van der Waals surface area contributed by atoms with E-state index in [1.54, 1.807) is 34.7 Å². The Labute approximate surface area is 125 Å². The molecule has 0 aliphatic heterocycles. The Morgan fingerprint density at radius 2 is 1.65 bits per heavy atom. The molecule has 0 aromatic heterocycles. The van der Waals surface area contributed by atoms with Crippen LogP contribution in [0.3, 0.4) is 0 Å². The molecule has 1 aliphatic rings. The minimum absolute atomic E-state index is 0.0240. The monoisotopic (exact) mass is 383 g/mol. The lowest BCUT2D eigenvalue weighted by atomic mass is 9.98. The molecule has 0 spiro atoms. The third-order valence-corrected chi connectivity index (χ3v) is 3.30. The van der Waals surface area contributed by atoms with E-state index in [0.717, 1.165) is 12.1 Å². The fourth-order valence-corrected chi connectivity index (χ4v) is 2.47. The van der Waals surface area contributed by atoms with Crippen molar-refractivity contribution in [2.45, 2.75) is 0 Å². The van der Waals surface area contributed by atoms with Crippen molar-refractivity contribution in [2.75, 3.05) is 0 Å². The third-order valence-electron chi connectivity index (χ3n) is 2.76. The van der Waals surface area contributed by atoms with Crippen molar-refractivity contribution in [1.29, 1.82) is 15.9 Å². The van der Waals surface area contributed by atoms with Crippen LogP contribution in [0, 0.1) is 39.7 Å². The number of hydrogen-bond acceptors (Lipinski definition) is 4. The van der Waals surface area contributed by atoms with E-state index in [4.69, 9.17) is 15.9 Å². The number of benzene rings is 1. The molecular weight excluding hydrogens is 379 g/mol. The van der Waals surface area contributed by atoms with Crippen LogP contribution >= 0.6 is 22.6 Å². The van der Waals surface area contributed by atoms with E-state index in [0.29, 0.717) is 0 Å². The predicted molar refractivity (Wildman–Crippen MR) is 75.8 cm³/mol. The van der Waals surface area contributed by atoms with Gasteiger partial charge < -0.3 is 5.11 Å². The van der Waals surface area contributed by atoms with Gasteiger partial charge in [0, 0.05) is 11.1 Å². The van der Waals surface area contributed by atoms with E-state index in [1.807, 2.05) is 0 Å². The number of aliphatic hydroxyl groups excluding tert-OH is 1. The largest absolute Gasteiger partial charge is 0.507 e. The van der Waals surface area contributed by atoms with E-state index in [1.165, 1.54) is 0 Å². The van der Waals surface area contributed by atoms with Gasteiger partial charge in [-0.1, -0.05) is 0 Å². The molecule has 98 valence electrons. The molecule has 2 rings (SSSR count). The molecule has 0 saturated carbocycles. The van der Waals surface area contributed by atoms with E-state index < -0.39 is 17.4 Å². The SMILES string of the molecule is N#CC(C#N)=C1C(C(=N)I)=C(O)c2cc(F)c(F)cc21. The molecular formula is C13H4F2IN3O. The van der Waals surface area contributed by atoms with E-state index in [2.05, 4.69) is 0 Å². The fourth-order valence-electron chi connectivity index (χ4n) is 1.95. The van der Waals surface area contributed by atoms with Crippen LogP contribution in [0.2, 0.25) is 0 Å². The molecule has 0 amide bonds. The number of rotatable bonds is 1. The minimum atomic E-state index is -1.16. The van der Waals surface area contributed by atoms with Gasteiger partial charge in [-0.05, 0) is 40.3 Å². The Balaban J connectivity index is 2.94. The summed E-state index contributed by atoms with van der Waals surface area (Å²) >= 11 is 1.58. The standard InChI is InChI=1S/C13H4F2IN3O/c14-8-1-6-7(2-9(8)15)12(20)11(13(16)19)10(6)5(3-17)4-18/h1-2,19-20H. The van der Waals surface area contributed by atoms with Crippen molar-refractivity contribution in [3.05, 3.63) is 46.0 Å². The van der Waals surface area contributed by atoms with E-state index in [9.17, 15) is 13.9 Å². The van der Waals surface area contributed by atoms with Crippen molar-refractivity contribution >= 4 is 37.6 Å². The van der Waals surface area contributed by atoms with Gasteiger partial charge in [-0.15, -0.1) is 0 Å². The molecule has 0 bridgehead atoms. The third kappa shape index (κ3) is 1.96. The van der Waals surface area contributed by atoms with Gasteiger partial charge in [0.1, 0.15) is 27.2 Å². The number of aliphatic hydroxyl groups is 1. The van der Waals surface area contributed by atoms with Crippen molar-refractivity contribution in [3.8, 4) is 12.1 Å². The van der Waals surface area contributed by atoms with Crippen LogP contribution in [0.25, 0.3) is 11.3 Å². The normalized spacial score (nSPS) is 12.8. The summed E-state index contributed by atoms with van der Waals surface area (Å²) in [4.78, 5) is 0. The number of hydrogen-bond donors (Lipinski definition) is 2. The second-order valence-electron chi connectivity index (χ2n) is 3.82. The summed E-state index contributed by atoms with van der Waals surface area (Å²) in [5, 5.41) is 35.5. The average Bonchev–Trinajstić information content (AvgIpc) is 2.66. The Bertz CT molecular complexity index is 781. The van der Waals surface area contributed by atoms with Gasteiger partial charge in [-0.3, -0.25) is 5.41 Å². The molecule has 7 heteroatoms.